The van der Waals surface area contributed by atoms with Gasteiger partial charge >= 0.3 is 6.55 Å². The molecule has 0 saturated heterocycles. The maximum Gasteiger partial charge on any atom is 0.333 e. The van der Waals surface area contributed by atoms with Gasteiger partial charge in [-0.3, -0.25) is 0 Å². The normalized spacial score (nSPS) is 20.6. The molecule has 0 amide bonds. The fourth-order valence-electron chi connectivity index (χ4n) is 3.29. The van der Waals surface area contributed by atoms with Crippen LogP contribution in [0.3, 0.4) is 0 Å². The SMILES string of the molecule is FC(F)n1cc(Nc2ccc3c(c2)C(CC2CC2)NCC3)cn1. The lowest BCUT2D eigenvalue weighted by Gasteiger charge is -2.27. The molecule has 1 aliphatic carbocycles. The van der Waals surface area contributed by atoms with Crippen LogP contribution in [-0.4, -0.2) is 16.3 Å². The number of benzene rings is 1. The summed E-state index contributed by atoms with van der Waals surface area (Å²) in [5.74, 6) is 0.860. The van der Waals surface area contributed by atoms with E-state index in [9.17, 15) is 8.78 Å². The number of nitrogens with one attached hydrogen (secondary N) is 2. The highest BCUT2D eigenvalue weighted by atomic mass is 19.3. The van der Waals surface area contributed by atoms with Crippen molar-refractivity contribution >= 4 is 11.4 Å². The zero-order valence-electron chi connectivity index (χ0n) is 12.8. The zero-order valence-corrected chi connectivity index (χ0v) is 12.8. The molecule has 0 radical (unpaired) electrons. The molecule has 1 unspecified atom stereocenters. The van der Waals surface area contributed by atoms with E-state index < -0.39 is 6.55 Å². The first kappa shape index (κ1) is 14.6. The molecule has 2 aromatic rings. The second-order valence-electron chi connectivity index (χ2n) is 6.46. The van der Waals surface area contributed by atoms with E-state index in [1.54, 1.807) is 0 Å². The Kier molecular flexibility index (Phi) is 3.77. The Morgan fingerprint density at radius 2 is 2.17 bits per heavy atom. The summed E-state index contributed by atoms with van der Waals surface area (Å²) in [6, 6.07) is 6.72. The molecular weight excluding hydrogens is 298 g/mol. The molecule has 1 aromatic heterocycles. The Hall–Kier alpha value is -1.95. The third kappa shape index (κ3) is 3.22. The highest BCUT2D eigenvalue weighted by Gasteiger charge is 2.28. The van der Waals surface area contributed by atoms with Gasteiger partial charge in [0, 0.05) is 11.7 Å². The van der Waals surface area contributed by atoms with Crippen LogP contribution in [0.1, 0.15) is 43.0 Å². The standard InChI is InChI=1S/C17H20F2N4/c18-17(19)23-10-14(9-21-23)22-13-4-3-12-5-6-20-16(15(12)8-13)7-11-1-2-11/h3-4,8-11,16-17,20,22H,1-2,5-7H2. The van der Waals surface area contributed by atoms with Crippen LogP contribution in [0, 0.1) is 5.92 Å². The van der Waals surface area contributed by atoms with Crippen LogP contribution < -0.4 is 10.6 Å². The molecule has 2 heterocycles. The number of hydrogen-bond donors (Lipinski definition) is 2. The molecule has 23 heavy (non-hydrogen) atoms. The van der Waals surface area contributed by atoms with Crippen molar-refractivity contribution in [2.24, 2.45) is 5.92 Å². The van der Waals surface area contributed by atoms with Gasteiger partial charge in [0.1, 0.15) is 0 Å². The van der Waals surface area contributed by atoms with E-state index in [1.165, 1.54) is 42.8 Å². The van der Waals surface area contributed by atoms with Crippen LogP contribution in [0.15, 0.2) is 30.6 Å². The van der Waals surface area contributed by atoms with Gasteiger partial charge in [-0.15, -0.1) is 0 Å². The number of alkyl halides is 2. The number of halogens is 2. The summed E-state index contributed by atoms with van der Waals surface area (Å²) >= 11 is 0. The molecule has 4 nitrogen and oxygen atoms in total. The van der Waals surface area contributed by atoms with Crippen molar-refractivity contribution in [3.63, 3.8) is 0 Å². The van der Waals surface area contributed by atoms with Gasteiger partial charge in [-0.25, -0.2) is 4.68 Å². The van der Waals surface area contributed by atoms with Crippen molar-refractivity contribution in [2.75, 3.05) is 11.9 Å². The maximum atomic E-state index is 12.6. The molecule has 122 valence electrons. The molecule has 2 N–H and O–H groups in total. The summed E-state index contributed by atoms with van der Waals surface area (Å²) in [5.41, 5.74) is 4.23. The Morgan fingerprint density at radius 3 is 2.91 bits per heavy atom. The Bertz CT molecular complexity index is 694. The summed E-state index contributed by atoms with van der Waals surface area (Å²) in [5, 5.41) is 10.4. The van der Waals surface area contributed by atoms with E-state index in [0.29, 0.717) is 16.4 Å². The van der Waals surface area contributed by atoms with E-state index in [2.05, 4.69) is 27.9 Å². The summed E-state index contributed by atoms with van der Waals surface area (Å²) < 4.78 is 25.8. The molecule has 2 aliphatic rings. The average molecular weight is 318 g/mol. The van der Waals surface area contributed by atoms with Gasteiger partial charge < -0.3 is 10.6 Å². The van der Waals surface area contributed by atoms with E-state index >= 15 is 0 Å². The second kappa shape index (κ2) is 5.92. The van der Waals surface area contributed by atoms with Gasteiger partial charge in [-0.1, -0.05) is 18.9 Å². The average Bonchev–Trinajstić information content (AvgIpc) is 3.23. The second-order valence-corrected chi connectivity index (χ2v) is 6.46. The van der Waals surface area contributed by atoms with Gasteiger partial charge in [0.15, 0.2) is 0 Å². The van der Waals surface area contributed by atoms with Gasteiger partial charge in [0.25, 0.3) is 0 Å². The first-order valence-corrected chi connectivity index (χ1v) is 8.14. The lowest BCUT2D eigenvalue weighted by Crippen LogP contribution is -2.30. The summed E-state index contributed by atoms with van der Waals surface area (Å²) in [7, 11) is 0. The number of rotatable bonds is 5. The zero-order chi connectivity index (χ0) is 15.8. The number of fused-ring (bicyclic) bond motifs is 1. The van der Waals surface area contributed by atoms with Crippen LogP contribution in [0.4, 0.5) is 20.2 Å². The van der Waals surface area contributed by atoms with Crippen molar-refractivity contribution in [1.82, 2.24) is 15.1 Å². The summed E-state index contributed by atoms with van der Waals surface area (Å²) in [4.78, 5) is 0. The van der Waals surface area contributed by atoms with E-state index in [1.807, 2.05) is 6.07 Å². The highest BCUT2D eigenvalue weighted by molar-refractivity contribution is 5.60. The smallest absolute Gasteiger partial charge is 0.333 e. The highest BCUT2D eigenvalue weighted by Crippen LogP contribution is 2.40. The lowest BCUT2D eigenvalue weighted by atomic mass is 9.91. The molecule has 6 heteroatoms. The Balaban J connectivity index is 1.54. The molecule has 1 fully saturated rings. The minimum Gasteiger partial charge on any atom is -0.353 e. The third-order valence-corrected chi connectivity index (χ3v) is 4.66. The van der Waals surface area contributed by atoms with Crippen molar-refractivity contribution in [3.8, 4) is 0 Å². The van der Waals surface area contributed by atoms with Gasteiger partial charge in [0.2, 0.25) is 0 Å². The van der Waals surface area contributed by atoms with Crippen molar-refractivity contribution in [3.05, 3.63) is 41.7 Å². The van der Waals surface area contributed by atoms with Crippen LogP contribution in [0.25, 0.3) is 0 Å². The number of aromatic nitrogens is 2. The molecule has 4 rings (SSSR count). The quantitative estimate of drug-likeness (QED) is 0.875. The summed E-state index contributed by atoms with van der Waals surface area (Å²) in [6.07, 6.45) is 7.67. The van der Waals surface area contributed by atoms with E-state index in [0.717, 1.165) is 24.6 Å². The van der Waals surface area contributed by atoms with Gasteiger partial charge in [-0.05, 0) is 48.6 Å². The first-order valence-electron chi connectivity index (χ1n) is 8.14. The fourth-order valence-corrected chi connectivity index (χ4v) is 3.29. The molecular formula is C17H20F2N4. The predicted molar refractivity (Wildman–Crippen MR) is 85.0 cm³/mol. The monoisotopic (exact) mass is 318 g/mol. The topological polar surface area (TPSA) is 41.9 Å². The van der Waals surface area contributed by atoms with E-state index in [4.69, 9.17) is 0 Å². The van der Waals surface area contributed by atoms with Gasteiger partial charge in [-0.2, -0.15) is 13.9 Å². The lowest BCUT2D eigenvalue weighted by molar-refractivity contribution is 0.0566. The molecule has 1 saturated carbocycles. The molecule has 1 atom stereocenters. The first-order chi connectivity index (χ1) is 11.2. The van der Waals surface area contributed by atoms with Crippen molar-refractivity contribution in [2.45, 2.75) is 38.3 Å². The molecule has 0 bridgehead atoms. The fraction of sp³-hybridized carbons (Fsp3) is 0.471. The maximum absolute atomic E-state index is 12.6. The Labute approximate surface area is 133 Å². The summed E-state index contributed by atoms with van der Waals surface area (Å²) in [6.45, 7) is -1.58. The third-order valence-electron chi connectivity index (χ3n) is 4.66. The van der Waals surface area contributed by atoms with E-state index in [-0.39, 0.29) is 0 Å². The van der Waals surface area contributed by atoms with Gasteiger partial charge in [0.05, 0.1) is 18.1 Å². The molecule has 1 aliphatic heterocycles. The van der Waals surface area contributed by atoms with Crippen LogP contribution in [-0.2, 0) is 6.42 Å². The van der Waals surface area contributed by atoms with Crippen LogP contribution in [0.2, 0.25) is 0 Å². The van der Waals surface area contributed by atoms with Crippen molar-refractivity contribution in [1.29, 1.82) is 0 Å². The van der Waals surface area contributed by atoms with Crippen molar-refractivity contribution < 1.29 is 8.78 Å². The number of nitrogens with zero attached hydrogens (tertiary/aromatic N) is 2. The van der Waals surface area contributed by atoms with Crippen LogP contribution in [0.5, 0.6) is 0 Å². The minimum absolute atomic E-state index is 0.414. The minimum atomic E-state index is -2.61. The largest absolute Gasteiger partial charge is 0.353 e. The van der Waals surface area contributed by atoms with Crippen LogP contribution >= 0.6 is 0 Å². The number of hydrogen-bond acceptors (Lipinski definition) is 3. The number of anilines is 2. The Morgan fingerprint density at radius 1 is 1.30 bits per heavy atom. The molecule has 1 aromatic carbocycles. The predicted octanol–water partition coefficient (Wildman–Crippen LogP) is 4.01. The molecule has 0 spiro atoms.